The van der Waals surface area contributed by atoms with Gasteiger partial charge in [0.1, 0.15) is 5.82 Å². The molecule has 1 aliphatic heterocycles. The average molecular weight is 531 g/mol. The smallest absolute Gasteiger partial charge is 0.350 e. The SMILES string of the molecule is Cc1ccc(S(=O)(=O)O)cc1.Cc1nn(CCC2CCNCC2)c(=O)n1-c1ccc(CCC(=O)O)cc1. The molecule has 2 heterocycles. The van der Waals surface area contributed by atoms with Gasteiger partial charge in [0.25, 0.3) is 10.1 Å². The fourth-order valence-electron chi connectivity index (χ4n) is 4.21. The van der Waals surface area contributed by atoms with E-state index in [0.29, 0.717) is 24.7 Å². The molecule has 1 aromatic heterocycles. The summed E-state index contributed by atoms with van der Waals surface area (Å²) in [4.78, 5) is 23.3. The number of aryl methyl sites for hydroxylation is 4. The van der Waals surface area contributed by atoms with Crippen LogP contribution >= 0.6 is 0 Å². The summed E-state index contributed by atoms with van der Waals surface area (Å²) in [6, 6.07) is 13.4. The van der Waals surface area contributed by atoms with Gasteiger partial charge < -0.3 is 10.4 Å². The zero-order valence-electron chi connectivity index (χ0n) is 21.1. The minimum absolute atomic E-state index is 0.0666. The van der Waals surface area contributed by atoms with Crippen LogP contribution in [-0.4, -0.2) is 51.5 Å². The van der Waals surface area contributed by atoms with E-state index in [2.05, 4.69) is 10.4 Å². The Morgan fingerprint density at radius 1 is 1.05 bits per heavy atom. The molecular weight excluding hydrogens is 496 g/mol. The summed E-state index contributed by atoms with van der Waals surface area (Å²) in [6.45, 7) is 6.44. The van der Waals surface area contributed by atoms with E-state index in [9.17, 15) is 18.0 Å². The molecule has 2 aromatic carbocycles. The largest absolute Gasteiger partial charge is 0.481 e. The molecule has 3 N–H and O–H groups in total. The topological polar surface area (TPSA) is 144 Å². The summed E-state index contributed by atoms with van der Waals surface area (Å²) >= 11 is 0. The van der Waals surface area contributed by atoms with E-state index < -0.39 is 16.1 Å². The van der Waals surface area contributed by atoms with Gasteiger partial charge in [-0.05, 0) is 88.4 Å². The van der Waals surface area contributed by atoms with Gasteiger partial charge in [0.05, 0.1) is 10.6 Å². The molecule has 0 atom stereocenters. The Hall–Kier alpha value is -3.28. The normalized spacial score (nSPS) is 14.1. The van der Waals surface area contributed by atoms with Crippen LogP contribution in [0.3, 0.4) is 0 Å². The molecule has 0 spiro atoms. The number of rotatable bonds is 8. The van der Waals surface area contributed by atoms with Crippen molar-refractivity contribution in [3.63, 3.8) is 0 Å². The van der Waals surface area contributed by atoms with Crippen LogP contribution in [0.1, 0.15) is 42.6 Å². The molecule has 0 amide bonds. The van der Waals surface area contributed by atoms with Crippen molar-refractivity contribution in [2.45, 2.75) is 57.4 Å². The number of carboxylic acids is 1. The molecule has 4 rings (SSSR count). The molecule has 3 aromatic rings. The van der Waals surface area contributed by atoms with E-state index in [1.165, 1.54) is 12.1 Å². The molecule has 0 unspecified atom stereocenters. The number of hydrogen-bond acceptors (Lipinski definition) is 6. The highest BCUT2D eigenvalue weighted by Crippen LogP contribution is 2.17. The molecule has 1 fully saturated rings. The predicted octanol–water partition coefficient (Wildman–Crippen LogP) is 2.99. The highest BCUT2D eigenvalue weighted by molar-refractivity contribution is 7.85. The van der Waals surface area contributed by atoms with Crippen molar-refractivity contribution in [3.05, 3.63) is 76.0 Å². The van der Waals surface area contributed by atoms with Gasteiger partial charge in [-0.2, -0.15) is 13.5 Å². The van der Waals surface area contributed by atoms with Gasteiger partial charge in [-0.1, -0.05) is 29.8 Å². The van der Waals surface area contributed by atoms with E-state index in [0.717, 1.165) is 49.2 Å². The zero-order chi connectivity index (χ0) is 27.0. The van der Waals surface area contributed by atoms with Crippen molar-refractivity contribution in [2.24, 2.45) is 5.92 Å². The average Bonchev–Trinajstić information content (AvgIpc) is 3.15. The van der Waals surface area contributed by atoms with E-state index in [-0.39, 0.29) is 17.0 Å². The molecular formula is C26H34N4O6S. The quantitative estimate of drug-likeness (QED) is 0.377. The Morgan fingerprint density at radius 2 is 1.68 bits per heavy atom. The van der Waals surface area contributed by atoms with Gasteiger partial charge in [-0.15, -0.1) is 0 Å². The van der Waals surface area contributed by atoms with Crippen molar-refractivity contribution >= 4 is 16.1 Å². The number of carbonyl (C=O) groups is 1. The number of benzene rings is 2. The number of nitrogens with one attached hydrogen (secondary N) is 1. The predicted molar refractivity (Wildman–Crippen MR) is 140 cm³/mol. The first-order valence-corrected chi connectivity index (χ1v) is 13.7. The van der Waals surface area contributed by atoms with Crippen LogP contribution in [-0.2, 0) is 27.9 Å². The molecule has 0 radical (unpaired) electrons. The molecule has 0 saturated carbocycles. The lowest BCUT2D eigenvalue weighted by Crippen LogP contribution is -2.30. The van der Waals surface area contributed by atoms with Crippen LogP contribution in [0.25, 0.3) is 5.69 Å². The summed E-state index contributed by atoms with van der Waals surface area (Å²) in [7, 11) is -4.02. The van der Waals surface area contributed by atoms with E-state index >= 15 is 0 Å². The van der Waals surface area contributed by atoms with Crippen LogP contribution in [0.5, 0.6) is 0 Å². The first kappa shape index (κ1) is 28.3. The first-order valence-electron chi connectivity index (χ1n) is 12.3. The van der Waals surface area contributed by atoms with Crippen LogP contribution in [0.4, 0.5) is 0 Å². The van der Waals surface area contributed by atoms with Gasteiger partial charge in [0.2, 0.25) is 0 Å². The number of nitrogens with zero attached hydrogens (tertiary/aromatic N) is 3. The second-order valence-electron chi connectivity index (χ2n) is 9.22. The van der Waals surface area contributed by atoms with Gasteiger partial charge >= 0.3 is 11.7 Å². The Morgan fingerprint density at radius 3 is 2.24 bits per heavy atom. The zero-order valence-corrected chi connectivity index (χ0v) is 21.9. The minimum Gasteiger partial charge on any atom is -0.481 e. The number of carboxylic acid groups (broad SMARTS) is 1. The standard InChI is InChI=1S/C19H26N4O3.C7H8O3S/c1-14-21-22(13-10-16-8-11-20-12-9-16)19(26)23(14)17-5-2-15(3-6-17)4-7-18(24)25;1-6-2-4-7(5-3-6)11(8,9)10/h2-3,5-6,16,20H,4,7-13H2,1H3,(H,24,25);2-5H,1H3,(H,8,9,10). The van der Waals surface area contributed by atoms with Crippen molar-refractivity contribution in [1.82, 2.24) is 19.7 Å². The Bertz CT molecular complexity index is 1340. The van der Waals surface area contributed by atoms with Crippen molar-refractivity contribution in [2.75, 3.05) is 13.1 Å². The van der Waals surface area contributed by atoms with Gasteiger partial charge in [-0.3, -0.25) is 9.35 Å². The van der Waals surface area contributed by atoms with E-state index in [1.54, 1.807) is 21.4 Å². The van der Waals surface area contributed by atoms with E-state index in [1.807, 2.05) is 38.1 Å². The highest BCUT2D eigenvalue weighted by atomic mass is 32.2. The maximum absolute atomic E-state index is 12.7. The van der Waals surface area contributed by atoms with Gasteiger partial charge in [0, 0.05) is 13.0 Å². The van der Waals surface area contributed by atoms with Crippen LogP contribution in [0.2, 0.25) is 0 Å². The maximum Gasteiger partial charge on any atom is 0.350 e. The lowest BCUT2D eigenvalue weighted by atomic mass is 9.95. The first-order chi connectivity index (χ1) is 17.5. The molecule has 1 aliphatic rings. The molecule has 200 valence electrons. The Balaban J connectivity index is 0.000000289. The summed E-state index contributed by atoms with van der Waals surface area (Å²) in [6.07, 6.45) is 3.89. The second kappa shape index (κ2) is 12.8. The summed E-state index contributed by atoms with van der Waals surface area (Å²) < 4.78 is 32.7. The number of aliphatic carboxylic acids is 1. The molecule has 11 heteroatoms. The third-order valence-corrected chi connectivity index (χ3v) is 7.22. The molecule has 37 heavy (non-hydrogen) atoms. The molecule has 1 saturated heterocycles. The number of aromatic nitrogens is 3. The second-order valence-corrected chi connectivity index (χ2v) is 10.6. The molecule has 0 bridgehead atoms. The third kappa shape index (κ3) is 8.38. The Labute approximate surface area is 216 Å². The highest BCUT2D eigenvalue weighted by Gasteiger charge is 2.16. The number of piperidine rings is 1. The fourth-order valence-corrected chi connectivity index (χ4v) is 4.69. The van der Waals surface area contributed by atoms with Gasteiger partial charge in [-0.25, -0.2) is 14.0 Å². The maximum atomic E-state index is 12.7. The van der Waals surface area contributed by atoms with Crippen LogP contribution < -0.4 is 11.0 Å². The van der Waals surface area contributed by atoms with Crippen LogP contribution in [0, 0.1) is 19.8 Å². The number of hydrogen-bond donors (Lipinski definition) is 3. The summed E-state index contributed by atoms with van der Waals surface area (Å²) in [5, 5.41) is 16.6. The summed E-state index contributed by atoms with van der Waals surface area (Å²) in [5.74, 6) is 0.511. The Kier molecular flexibility index (Phi) is 9.79. The lowest BCUT2D eigenvalue weighted by Gasteiger charge is -2.22. The van der Waals surface area contributed by atoms with Crippen molar-refractivity contribution in [1.29, 1.82) is 0 Å². The fraction of sp³-hybridized carbons (Fsp3) is 0.423. The van der Waals surface area contributed by atoms with E-state index in [4.69, 9.17) is 9.66 Å². The molecule has 10 nitrogen and oxygen atoms in total. The monoisotopic (exact) mass is 530 g/mol. The van der Waals surface area contributed by atoms with Crippen LogP contribution in [0.15, 0.2) is 58.2 Å². The lowest BCUT2D eigenvalue weighted by molar-refractivity contribution is -0.136. The third-order valence-electron chi connectivity index (χ3n) is 6.35. The molecule has 0 aliphatic carbocycles. The van der Waals surface area contributed by atoms with Crippen molar-refractivity contribution < 1.29 is 22.9 Å². The minimum atomic E-state index is -4.02. The summed E-state index contributed by atoms with van der Waals surface area (Å²) in [5.41, 5.74) is 2.55. The van der Waals surface area contributed by atoms with Gasteiger partial charge in [0.15, 0.2) is 0 Å². The van der Waals surface area contributed by atoms with Crippen molar-refractivity contribution in [3.8, 4) is 5.69 Å².